The lowest BCUT2D eigenvalue weighted by molar-refractivity contribution is 0.640. The Morgan fingerprint density at radius 3 is 2.85 bits per heavy atom. The number of pyridine rings is 1. The molecule has 0 aliphatic heterocycles. The molecular formula is C16H10FN3. The van der Waals surface area contributed by atoms with Crippen LogP contribution < -0.4 is 0 Å². The monoisotopic (exact) mass is 263 g/mol. The lowest BCUT2D eigenvalue weighted by atomic mass is 10.1. The van der Waals surface area contributed by atoms with Crippen molar-refractivity contribution in [3.63, 3.8) is 0 Å². The van der Waals surface area contributed by atoms with Crippen LogP contribution in [-0.2, 0) is 0 Å². The molecule has 1 N–H and O–H groups in total. The van der Waals surface area contributed by atoms with Crippen LogP contribution in [0.3, 0.4) is 0 Å². The number of hydrogen-bond donors (Lipinski definition) is 1. The molecule has 20 heavy (non-hydrogen) atoms. The van der Waals surface area contributed by atoms with Gasteiger partial charge in [-0.25, -0.2) is 14.4 Å². The van der Waals surface area contributed by atoms with Crippen LogP contribution in [0.5, 0.6) is 0 Å². The molecule has 0 spiro atoms. The van der Waals surface area contributed by atoms with E-state index >= 15 is 0 Å². The van der Waals surface area contributed by atoms with Crippen LogP contribution in [0.4, 0.5) is 4.39 Å². The van der Waals surface area contributed by atoms with Gasteiger partial charge in [-0.15, -0.1) is 0 Å². The fraction of sp³-hybridized carbons (Fsp3) is 0. The van der Waals surface area contributed by atoms with Crippen LogP contribution >= 0.6 is 0 Å². The Bertz CT molecular complexity index is 894. The number of hydrogen-bond acceptors (Lipinski definition) is 2. The van der Waals surface area contributed by atoms with E-state index in [2.05, 4.69) is 15.0 Å². The van der Waals surface area contributed by atoms with Gasteiger partial charge in [0.25, 0.3) is 0 Å². The van der Waals surface area contributed by atoms with Gasteiger partial charge in [0.05, 0.1) is 5.52 Å². The maximum atomic E-state index is 13.8. The molecule has 2 aromatic heterocycles. The van der Waals surface area contributed by atoms with E-state index in [1.54, 1.807) is 12.3 Å². The minimum absolute atomic E-state index is 0.224. The van der Waals surface area contributed by atoms with Crippen LogP contribution in [0.1, 0.15) is 0 Å². The zero-order valence-corrected chi connectivity index (χ0v) is 10.5. The second-order valence-electron chi connectivity index (χ2n) is 4.64. The summed E-state index contributed by atoms with van der Waals surface area (Å²) in [5.41, 5.74) is 2.38. The molecule has 0 saturated carbocycles. The van der Waals surface area contributed by atoms with Crippen LogP contribution in [-0.4, -0.2) is 15.0 Å². The molecule has 0 radical (unpaired) electrons. The highest BCUT2D eigenvalue weighted by molar-refractivity contribution is 5.88. The minimum atomic E-state index is -0.224. The number of H-pyrrole nitrogens is 1. The van der Waals surface area contributed by atoms with E-state index in [-0.39, 0.29) is 5.82 Å². The zero-order chi connectivity index (χ0) is 13.5. The Balaban J connectivity index is 1.95. The number of fused-ring (bicyclic) bond motifs is 2. The van der Waals surface area contributed by atoms with Gasteiger partial charge in [0, 0.05) is 17.1 Å². The molecule has 4 heteroatoms. The van der Waals surface area contributed by atoms with Gasteiger partial charge < -0.3 is 4.98 Å². The van der Waals surface area contributed by atoms with Gasteiger partial charge in [-0.05, 0) is 29.7 Å². The largest absolute Gasteiger partial charge is 0.337 e. The SMILES string of the molecule is Fc1cccc2ccc(-c3nc4ncccc4[nH]3)cc12. The number of nitrogens with zero attached hydrogens (tertiary/aromatic N) is 2. The summed E-state index contributed by atoms with van der Waals surface area (Å²) in [5, 5.41) is 1.47. The number of nitrogens with one attached hydrogen (secondary N) is 1. The Hall–Kier alpha value is -2.75. The first-order valence-corrected chi connectivity index (χ1v) is 6.31. The minimum Gasteiger partial charge on any atom is -0.337 e. The smallest absolute Gasteiger partial charge is 0.178 e. The predicted octanol–water partition coefficient (Wildman–Crippen LogP) is 3.92. The van der Waals surface area contributed by atoms with E-state index in [1.807, 2.05) is 36.4 Å². The van der Waals surface area contributed by atoms with Gasteiger partial charge in [0.2, 0.25) is 0 Å². The summed E-state index contributed by atoms with van der Waals surface area (Å²) in [6, 6.07) is 14.5. The molecular weight excluding hydrogens is 253 g/mol. The van der Waals surface area contributed by atoms with Crippen molar-refractivity contribution < 1.29 is 4.39 Å². The van der Waals surface area contributed by atoms with Gasteiger partial charge in [-0.3, -0.25) is 0 Å². The van der Waals surface area contributed by atoms with E-state index in [0.717, 1.165) is 16.5 Å². The topological polar surface area (TPSA) is 41.6 Å². The van der Waals surface area contributed by atoms with Crippen LogP contribution in [0.25, 0.3) is 33.3 Å². The molecule has 0 fully saturated rings. The number of benzene rings is 2. The van der Waals surface area contributed by atoms with E-state index in [0.29, 0.717) is 16.9 Å². The third-order valence-electron chi connectivity index (χ3n) is 3.36. The number of imidazole rings is 1. The average molecular weight is 263 g/mol. The Morgan fingerprint density at radius 2 is 1.95 bits per heavy atom. The fourth-order valence-corrected chi connectivity index (χ4v) is 2.36. The highest BCUT2D eigenvalue weighted by atomic mass is 19.1. The summed E-state index contributed by atoms with van der Waals surface area (Å²) in [6.07, 6.45) is 1.70. The zero-order valence-electron chi connectivity index (χ0n) is 10.5. The third-order valence-corrected chi connectivity index (χ3v) is 3.36. The van der Waals surface area contributed by atoms with Gasteiger partial charge in [-0.1, -0.05) is 24.3 Å². The van der Waals surface area contributed by atoms with Crippen LogP contribution in [0.2, 0.25) is 0 Å². The number of aromatic amines is 1. The normalized spacial score (nSPS) is 11.2. The van der Waals surface area contributed by atoms with Crippen molar-refractivity contribution in [2.24, 2.45) is 0 Å². The molecule has 0 aliphatic carbocycles. The molecule has 4 aromatic rings. The molecule has 2 aromatic carbocycles. The molecule has 96 valence electrons. The van der Waals surface area contributed by atoms with Crippen molar-refractivity contribution in [2.75, 3.05) is 0 Å². The Labute approximate surface area is 114 Å². The standard InChI is InChI=1S/C16H10FN3/c17-13-4-1-3-10-6-7-11(9-12(10)13)15-19-14-5-2-8-18-16(14)20-15/h1-9H,(H,18,19,20). The molecule has 0 unspecified atom stereocenters. The van der Waals surface area contributed by atoms with Crippen LogP contribution in [0.15, 0.2) is 54.7 Å². The van der Waals surface area contributed by atoms with Crippen molar-refractivity contribution in [3.05, 3.63) is 60.5 Å². The first-order chi connectivity index (χ1) is 9.81. The lowest BCUT2D eigenvalue weighted by Crippen LogP contribution is -1.84. The maximum Gasteiger partial charge on any atom is 0.178 e. The summed E-state index contributed by atoms with van der Waals surface area (Å²) >= 11 is 0. The van der Waals surface area contributed by atoms with Crippen molar-refractivity contribution >= 4 is 21.9 Å². The molecule has 0 aliphatic rings. The highest BCUT2D eigenvalue weighted by Crippen LogP contribution is 2.25. The van der Waals surface area contributed by atoms with Gasteiger partial charge >= 0.3 is 0 Å². The number of rotatable bonds is 1. The summed E-state index contributed by atoms with van der Waals surface area (Å²) in [4.78, 5) is 11.8. The number of halogens is 1. The van der Waals surface area contributed by atoms with Crippen molar-refractivity contribution in [1.82, 2.24) is 15.0 Å². The highest BCUT2D eigenvalue weighted by Gasteiger charge is 2.08. The first kappa shape index (κ1) is 11.1. The van der Waals surface area contributed by atoms with Crippen LogP contribution in [0, 0.1) is 5.82 Å². The molecule has 3 nitrogen and oxygen atoms in total. The summed E-state index contributed by atoms with van der Waals surface area (Å²) in [6.45, 7) is 0. The average Bonchev–Trinajstić information content (AvgIpc) is 2.91. The quantitative estimate of drug-likeness (QED) is 0.565. The molecule has 4 rings (SSSR count). The lowest BCUT2D eigenvalue weighted by Gasteiger charge is -2.02. The van der Waals surface area contributed by atoms with Gasteiger partial charge in [0.1, 0.15) is 11.6 Å². The third kappa shape index (κ3) is 1.66. The van der Waals surface area contributed by atoms with E-state index in [1.165, 1.54) is 6.07 Å². The summed E-state index contributed by atoms with van der Waals surface area (Å²) in [7, 11) is 0. The van der Waals surface area contributed by atoms with Gasteiger partial charge in [0.15, 0.2) is 5.65 Å². The molecule has 0 saturated heterocycles. The Kier molecular flexibility index (Phi) is 2.29. The second-order valence-corrected chi connectivity index (χ2v) is 4.64. The Morgan fingerprint density at radius 1 is 1.00 bits per heavy atom. The van der Waals surface area contributed by atoms with E-state index in [9.17, 15) is 4.39 Å². The second kappa shape index (κ2) is 4.13. The summed E-state index contributed by atoms with van der Waals surface area (Å²) in [5.74, 6) is 0.474. The first-order valence-electron chi connectivity index (χ1n) is 6.31. The maximum absolute atomic E-state index is 13.8. The van der Waals surface area contributed by atoms with E-state index in [4.69, 9.17) is 0 Å². The number of aromatic nitrogens is 3. The molecule has 0 atom stereocenters. The molecule has 0 amide bonds. The van der Waals surface area contributed by atoms with Crippen molar-refractivity contribution in [2.45, 2.75) is 0 Å². The van der Waals surface area contributed by atoms with Crippen molar-refractivity contribution in [1.29, 1.82) is 0 Å². The molecule has 2 heterocycles. The van der Waals surface area contributed by atoms with Gasteiger partial charge in [-0.2, -0.15) is 0 Å². The summed E-state index contributed by atoms with van der Waals surface area (Å²) < 4.78 is 13.8. The van der Waals surface area contributed by atoms with Crippen molar-refractivity contribution in [3.8, 4) is 11.4 Å². The predicted molar refractivity (Wildman–Crippen MR) is 76.8 cm³/mol. The fourth-order valence-electron chi connectivity index (χ4n) is 2.36. The van der Waals surface area contributed by atoms with E-state index < -0.39 is 0 Å². The molecule has 0 bridgehead atoms.